The van der Waals surface area contributed by atoms with E-state index in [9.17, 15) is 4.21 Å². The summed E-state index contributed by atoms with van der Waals surface area (Å²) in [5.74, 6) is 0. The predicted octanol–water partition coefficient (Wildman–Crippen LogP) is 2.17. The van der Waals surface area contributed by atoms with Crippen molar-refractivity contribution in [1.29, 1.82) is 0 Å². The normalized spacial score (nSPS) is 32.7. The maximum Gasteiger partial charge on any atom is 0.152 e. The number of hydrogen-bond acceptors (Lipinski definition) is 2. The Kier molecular flexibility index (Phi) is 3.12. The van der Waals surface area contributed by atoms with E-state index in [1.165, 1.54) is 0 Å². The van der Waals surface area contributed by atoms with Crippen LogP contribution in [-0.4, -0.2) is 24.6 Å². The molecule has 1 unspecified atom stereocenters. The molecular weight excluding hydrogens is 188 g/mol. The Morgan fingerprint density at radius 2 is 1.83 bits per heavy atom. The molecule has 1 fully saturated rings. The van der Waals surface area contributed by atoms with E-state index in [-0.39, 0.29) is 6.10 Å². The molecule has 2 nitrogen and oxygen atoms in total. The standard InChI is InChI=1S/C8H18O2SSi/c1-11(9)10-7-5-8(6-7)12(2,3)4/h7-8H,5-6H2,1-4H3. The SMILES string of the molecule is CS(=O)OC1CC([Si](C)(C)C)C1. The molecule has 1 aliphatic rings. The topological polar surface area (TPSA) is 26.3 Å². The average molecular weight is 206 g/mol. The maximum atomic E-state index is 10.7. The zero-order valence-corrected chi connectivity index (χ0v) is 10.1. The summed E-state index contributed by atoms with van der Waals surface area (Å²) < 4.78 is 15.9. The second kappa shape index (κ2) is 3.60. The molecule has 0 heterocycles. The molecule has 0 aromatic heterocycles. The fourth-order valence-electron chi connectivity index (χ4n) is 1.54. The van der Waals surface area contributed by atoms with Gasteiger partial charge in [-0.25, -0.2) is 4.21 Å². The van der Waals surface area contributed by atoms with Crippen LogP contribution in [0.4, 0.5) is 0 Å². The van der Waals surface area contributed by atoms with Crippen molar-refractivity contribution in [3.8, 4) is 0 Å². The van der Waals surface area contributed by atoms with Crippen LogP contribution in [0.3, 0.4) is 0 Å². The van der Waals surface area contributed by atoms with E-state index in [1.54, 1.807) is 6.26 Å². The van der Waals surface area contributed by atoms with Crippen molar-refractivity contribution < 1.29 is 8.39 Å². The Balaban J connectivity index is 2.25. The van der Waals surface area contributed by atoms with E-state index in [4.69, 9.17) is 4.18 Å². The van der Waals surface area contributed by atoms with E-state index in [1.807, 2.05) is 0 Å². The van der Waals surface area contributed by atoms with Crippen LogP contribution < -0.4 is 0 Å². The molecule has 12 heavy (non-hydrogen) atoms. The zero-order valence-electron chi connectivity index (χ0n) is 8.29. The summed E-state index contributed by atoms with van der Waals surface area (Å²) in [7, 11) is -0.946. The third-order valence-corrected chi connectivity index (χ3v) is 6.06. The summed E-state index contributed by atoms with van der Waals surface area (Å²) in [6.07, 6.45) is 4.15. The Morgan fingerprint density at radius 3 is 2.17 bits per heavy atom. The Morgan fingerprint density at radius 1 is 1.33 bits per heavy atom. The lowest BCUT2D eigenvalue weighted by atomic mass is 9.95. The smallest absolute Gasteiger partial charge is 0.152 e. The first-order chi connectivity index (χ1) is 5.39. The molecule has 0 N–H and O–H groups in total. The highest BCUT2D eigenvalue weighted by Crippen LogP contribution is 2.42. The lowest BCUT2D eigenvalue weighted by molar-refractivity contribution is 0.136. The number of rotatable bonds is 3. The van der Waals surface area contributed by atoms with Crippen molar-refractivity contribution in [3.05, 3.63) is 0 Å². The van der Waals surface area contributed by atoms with E-state index >= 15 is 0 Å². The minimum Gasteiger partial charge on any atom is -0.287 e. The van der Waals surface area contributed by atoms with Gasteiger partial charge in [0.1, 0.15) is 0 Å². The molecule has 0 saturated heterocycles. The quantitative estimate of drug-likeness (QED) is 0.662. The summed E-state index contributed by atoms with van der Waals surface area (Å²) in [6, 6.07) is 0. The van der Waals surface area contributed by atoms with Gasteiger partial charge in [0, 0.05) is 14.3 Å². The molecule has 0 aliphatic heterocycles. The Labute approximate surface area is 78.4 Å². The van der Waals surface area contributed by atoms with Crippen molar-refractivity contribution in [2.24, 2.45) is 0 Å². The zero-order chi connectivity index (χ0) is 9.35. The van der Waals surface area contributed by atoms with Crippen LogP contribution in [0.15, 0.2) is 0 Å². The molecule has 0 aromatic carbocycles. The molecule has 0 aromatic rings. The molecule has 72 valence electrons. The molecule has 0 bridgehead atoms. The van der Waals surface area contributed by atoms with Crippen LogP contribution in [0, 0.1) is 0 Å². The van der Waals surface area contributed by atoms with Gasteiger partial charge < -0.3 is 0 Å². The van der Waals surface area contributed by atoms with E-state index < -0.39 is 19.2 Å². The van der Waals surface area contributed by atoms with Crippen LogP contribution in [0.2, 0.25) is 25.2 Å². The van der Waals surface area contributed by atoms with Crippen LogP contribution in [-0.2, 0) is 15.3 Å². The van der Waals surface area contributed by atoms with Gasteiger partial charge >= 0.3 is 0 Å². The third kappa shape index (κ3) is 2.67. The van der Waals surface area contributed by atoms with Crippen molar-refractivity contribution in [2.45, 2.75) is 44.1 Å². The van der Waals surface area contributed by atoms with Gasteiger partial charge in [-0.15, -0.1) is 0 Å². The first-order valence-electron chi connectivity index (χ1n) is 4.40. The van der Waals surface area contributed by atoms with Gasteiger partial charge in [0.25, 0.3) is 0 Å². The Hall–Kier alpha value is 0.327. The van der Waals surface area contributed by atoms with Crippen LogP contribution in [0.5, 0.6) is 0 Å². The molecule has 0 radical (unpaired) electrons. The summed E-state index contributed by atoms with van der Waals surface area (Å²) in [6.45, 7) is 7.16. The number of hydrogen-bond donors (Lipinski definition) is 0. The van der Waals surface area contributed by atoms with E-state index in [0.717, 1.165) is 18.4 Å². The summed E-state index contributed by atoms with van der Waals surface area (Å²) >= 11 is -1.07. The van der Waals surface area contributed by atoms with Crippen molar-refractivity contribution in [3.63, 3.8) is 0 Å². The van der Waals surface area contributed by atoms with Gasteiger partial charge in [-0.05, 0) is 18.4 Å². The van der Waals surface area contributed by atoms with Gasteiger partial charge in [-0.1, -0.05) is 19.6 Å². The minimum atomic E-state index is -1.07. The highest BCUT2D eigenvalue weighted by molar-refractivity contribution is 7.79. The van der Waals surface area contributed by atoms with Gasteiger partial charge in [-0.3, -0.25) is 4.18 Å². The van der Waals surface area contributed by atoms with Crippen LogP contribution in [0.25, 0.3) is 0 Å². The fourth-order valence-corrected chi connectivity index (χ4v) is 4.02. The second-order valence-electron chi connectivity index (χ2n) is 4.65. The molecule has 0 spiro atoms. The minimum absolute atomic E-state index is 0.285. The van der Waals surface area contributed by atoms with Crippen molar-refractivity contribution in [1.82, 2.24) is 0 Å². The molecule has 0 amide bonds. The largest absolute Gasteiger partial charge is 0.287 e. The molecule has 4 heteroatoms. The van der Waals surface area contributed by atoms with Crippen LogP contribution in [0.1, 0.15) is 12.8 Å². The molecule has 1 atom stereocenters. The summed E-state index contributed by atoms with van der Waals surface area (Å²) in [5.41, 5.74) is 0.881. The highest BCUT2D eigenvalue weighted by atomic mass is 32.2. The average Bonchev–Trinajstić information content (AvgIpc) is 1.73. The van der Waals surface area contributed by atoms with Gasteiger partial charge in [0.15, 0.2) is 11.1 Å². The maximum absolute atomic E-state index is 10.7. The highest BCUT2D eigenvalue weighted by Gasteiger charge is 2.39. The lowest BCUT2D eigenvalue weighted by Crippen LogP contribution is -2.41. The second-order valence-corrected chi connectivity index (χ2v) is 11.2. The predicted molar refractivity (Wildman–Crippen MR) is 55.3 cm³/mol. The molecule has 1 rings (SSSR count). The van der Waals surface area contributed by atoms with Gasteiger partial charge in [-0.2, -0.15) is 0 Å². The van der Waals surface area contributed by atoms with Crippen molar-refractivity contribution in [2.75, 3.05) is 6.26 Å². The third-order valence-electron chi connectivity index (χ3n) is 2.59. The van der Waals surface area contributed by atoms with Crippen molar-refractivity contribution >= 4 is 19.2 Å². The molecular formula is C8H18O2SSi. The monoisotopic (exact) mass is 206 g/mol. The van der Waals surface area contributed by atoms with Gasteiger partial charge in [0.05, 0.1) is 6.10 Å². The molecule has 1 saturated carbocycles. The summed E-state index contributed by atoms with van der Waals surface area (Å²) in [4.78, 5) is 0. The Bertz CT molecular complexity index is 182. The van der Waals surface area contributed by atoms with Gasteiger partial charge in [0.2, 0.25) is 0 Å². The van der Waals surface area contributed by atoms with Crippen LogP contribution >= 0.6 is 0 Å². The molecule has 1 aliphatic carbocycles. The lowest BCUT2D eigenvalue weighted by Gasteiger charge is -2.41. The summed E-state index contributed by atoms with van der Waals surface area (Å²) in [5, 5.41) is 0. The fraction of sp³-hybridized carbons (Fsp3) is 1.00. The first kappa shape index (κ1) is 10.4. The first-order valence-corrected chi connectivity index (χ1v) is 9.46. The van der Waals surface area contributed by atoms with E-state index in [2.05, 4.69) is 19.6 Å². The van der Waals surface area contributed by atoms with E-state index in [0.29, 0.717) is 0 Å².